The number of benzene rings is 1. The molecule has 0 bridgehead atoms. The van der Waals surface area contributed by atoms with Crippen molar-refractivity contribution in [3.63, 3.8) is 0 Å². The van der Waals surface area contributed by atoms with E-state index in [9.17, 15) is 9.59 Å². The fourth-order valence-electron chi connectivity index (χ4n) is 1.90. The minimum absolute atomic E-state index is 0.0242. The average molecular weight is 293 g/mol. The summed E-state index contributed by atoms with van der Waals surface area (Å²) >= 11 is 0. The second-order valence-electron chi connectivity index (χ2n) is 4.83. The van der Waals surface area contributed by atoms with Crippen LogP contribution >= 0.6 is 0 Å². The summed E-state index contributed by atoms with van der Waals surface area (Å²) in [5, 5.41) is 5.84. The van der Waals surface area contributed by atoms with Gasteiger partial charge in [0, 0.05) is 19.0 Å². The zero-order valence-electron chi connectivity index (χ0n) is 12.7. The van der Waals surface area contributed by atoms with Gasteiger partial charge in [-0.25, -0.2) is 0 Å². The Bertz CT molecular complexity index is 503. The first-order chi connectivity index (χ1) is 9.95. The molecule has 0 fully saturated rings. The number of nitrogens with two attached hydrogens (primary N) is 1. The summed E-state index contributed by atoms with van der Waals surface area (Å²) in [6.45, 7) is 4.53. The number of rotatable bonds is 8. The molecule has 4 N–H and O–H groups in total. The average Bonchev–Trinajstić information content (AvgIpc) is 2.45. The van der Waals surface area contributed by atoms with Gasteiger partial charge in [-0.3, -0.25) is 9.59 Å². The third-order valence-electron chi connectivity index (χ3n) is 3.09. The van der Waals surface area contributed by atoms with Gasteiger partial charge in [-0.2, -0.15) is 0 Å². The molecule has 0 spiro atoms. The number of hydrogen-bond acceptors (Lipinski definition) is 5. The van der Waals surface area contributed by atoms with E-state index in [0.717, 1.165) is 6.42 Å². The van der Waals surface area contributed by atoms with Gasteiger partial charge in [0.2, 0.25) is 5.91 Å². The molecule has 1 amide bonds. The fourth-order valence-corrected chi connectivity index (χ4v) is 1.90. The van der Waals surface area contributed by atoms with Crippen molar-refractivity contribution in [1.82, 2.24) is 10.6 Å². The standard InChI is InChI=1S/C15H23N3O3/c1-10(17-7-4-8-18-11(2)19)15(20)12-5-6-14(21-3)13(16)9-12/h5-6,9-10,17H,4,7-8,16H2,1-3H3,(H,18,19). The first-order valence-electron chi connectivity index (χ1n) is 6.91. The topological polar surface area (TPSA) is 93.5 Å². The molecule has 0 radical (unpaired) electrons. The second kappa shape index (κ2) is 8.26. The smallest absolute Gasteiger partial charge is 0.216 e. The van der Waals surface area contributed by atoms with Gasteiger partial charge in [-0.05, 0) is 38.1 Å². The van der Waals surface area contributed by atoms with Crippen LogP contribution in [0, 0.1) is 0 Å². The summed E-state index contributed by atoms with van der Waals surface area (Å²) in [6.07, 6.45) is 0.766. The molecule has 6 nitrogen and oxygen atoms in total. The maximum atomic E-state index is 12.2. The Morgan fingerprint density at radius 3 is 2.62 bits per heavy atom. The lowest BCUT2D eigenvalue weighted by Crippen LogP contribution is -2.36. The third-order valence-corrected chi connectivity index (χ3v) is 3.09. The molecular formula is C15H23N3O3. The van der Waals surface area contributed by atoms with E-state index in [1.807, 2.05) is 0 Å². The molecule has 1 atom stereocenters. The molecule has 1 unspecified atom stereocenters. The number of carbonyl (C=O) groups excluding carboxylic acids is 2. The van der Waals surface area contributed by atoms with E-state index in [2.05, 4.69) is 10.6 Å². The molecule has 0 heterocycles. The van der Waals surface area contributed by atoms with Crippen molar-refractivity contribution in [2.24, 2.45) is 0 Å². The van der Waals surface area contributed by atoms with Crippen molar-refractivity contribution in [1.29, 1.82) is 0 Å². The van der Waals surface area contributed by atoms with Crippen LogP contribution in [0.15, 0.2) is 18.2 Å². The molecule has 0 aromatic heterocycles. The Hall–Kier alpha value is -2.08. The van der Waals surface area contributed by atoms with Crippen LogP contribution in [-0.4, -0.2) is 37.9 Å². The Labute approximate surface area is 125 Å². The molecule has 6 heteroatoms. The lowest BCUT2D eigenvalue weighted by molar-refractivity contribution is -0.118. The van der Waals surface area contributed by atoms with Crippen LogP contribution in [0.5, 0.6) is 5.75 Å². The van der Waals surface area contributed by atoms with Gasteiger partial charge in [0.05, 0.1) is 18.8 Å². The highest BCUT2D eigenvalue weighted by atomic mass is 16.5. The monoisotopic (exact) mass is 293 g/mol. The zero-order valence-corrected chi connectivity index (χ0v) is 12.7. The van der Waals surface area contributed by atoms with Crippen molar-refractivity contribution in [3.05, 3.63) is 23.8 Å². The van der Waals surface area contributed by atoms with Gasteiger partial charge >= 0.3 is 0 Å². The molecule has 21 heavy (non-hydrogen) atoms. The van der Waals surface area contributed by atoms with Gasteiger partial charge in [-0.15, -0.1) is 0 Å². The summed E-state index contributed by atoms with van der Waals surface area (Å²) in [5.41, 5.74) is 6.80. The van der Waals surface area contributed by atoms with Crippen LogP contribution < -0.4 is 21.1 Å². The van der Waals surface area contributed by atoms with Gasteiger partial charge in [0.1, 0.15) is 5.75 Å². The van der Waals surface area contributed by atoms with Crippen molar-refractivity contribution >= 4 is 17.4 Å². The maximum absolute atomic E-state index is 12.2. The highest BCUT2D eigenvalue weighted by molar-refractivity contribution is 6.00. The molecular weight excluding hydrogens is 270 g/mol. The van der Waals surface area contributed by atoms with Crippen LogP contribution in [-0.2, 0) is 4.79 Å². The molecule has 0 aliphatic carbocycles. The number of hydrogen-bond donors (Lipinski definition) is 3. The Morgan fingerprint density at radius 1 is 1.33 bits per heavy atom. The second-order valence-corrected chi connectivity index (χ2v) is 4.83. The summed E-state index contributed by atoms with van der Waals surface area (Å²) in [5.74, 6) is 0.485. The van der Waals surface area contributed by atoms with Crippen molar-refractivity contribution in [3.8, 4) is 5.75 Å². The summed E-state index contributed by atoms with van der Waals surface area (Å²) in [4.78, 5) is 23.0. The molecule has 0 aliphatic heterocycles. The van der Waals surface area contributed by atoms with E-state index in [0.29, 0.717) is 30.1 Å². The fraction of sp³-hybridized carbons (Fsp3) is 0.467. The SMILES string of the molecule is COc1ccc(C(=O)C(C)NCCCNC(C)=O)cc1N. The van der Waals surface area contributed by atoms with Crippen LogP contribution in [0.25, 0.3) is 0 Å². The minimum Gasteiger partial charge on any atom is -0.495 e. The van der Waals surface area contributed by atoms with E-state index in [1.165, 1.54) is 14.0 Å². The van der Waals surface area contributed by atoms with Crippen molar-refractivity contribution < 1.29 is 14.3 Å². The van der Waals surface area contributed by atoms with E-state index >= 15 is 0 Å². The van der Waals surface area contributed by atoms with Crippen LogP contribution in [0.4, 0.5) is 5.69 Å². The number of Topliss-reactive ketones (excluding diaryl/α,β-unsaturated/α-hetero) is 1. The number of nitrogen functional groups attached to an aromatic ring is 1. The number of ketones is 1. The lowest BCUT2D eigenvalue weighted by atomic mass is 10.0. The summed E-state index contributed by atoms with van der Waals surface area (Å²) in [7, 11) is 1.53. The molecule has 1 aromatic carbocycles. The first-order valence-corrected chi connectivity index (χ1v) is 6.91. The summed E-state index contributed by atoms with van der Waals surface area (Å²) in [6, 6.07) is 4.70. The predicted molar refractivity (Wildman–Crippen MR) is 82.5 cm³/mol. The zero-order chi connectivity index (χ0) is 15.8. The van der Waals surface area contributed by atoms with E-state index in [4.69, 9.17) is 10.5 Å². The van der Waals surface area contributed by atoms with Crippen LogP contribution in [0.2, 0.25) is 0 Å². The third kappa shape index (κ3) is 5.43. The number of amides is 1. The van der Waals surface area contributed by atoms with E-state index < -0.39 is 0 Å². The number of methoxy groups -OCH3 is 1. The normalized spacial score (nSPS) is 11.8. The van der Waals surface area contributed by atoms with Gasteiger partial charge in [0.25, 0.3) is 0 Å². The van der Waals surface area contributed by atoms with Crippen molar-refractivity contribution in [2.75, 3.05) is 25.9 Å². The number of nitrogens with one attached hydrogen (secondary N) is 2. The van der Waals surface area contributed by atoms with E-state index in [-0.39, 0.29) is 17.7 Å². The van der Waals surface area contributed by atoms with Crippen LogP contribution in [0.1, 0.15) is 30.6 Å². The van der Waals surface area contributed by atoms with Crippen molar-refractivity contribution in [2.45, 2.75) is 26.3 Å². The predicted octanol–water partition coefficient (Wildman–Crippen LogP) is 0.964. The Balaban J connectivity index is 2.47. The molecule has 0 aliphatic rings. The Morgan fingerprint density at radius 2 is 2.05 bits per heavy atom. The molecule has 0 saturated carbocycles. The summed E-state index contributed by atoms with van der Waals surface area (Å²) < 4.78 is 5.06. The number of anilines is 1. The Kier molecular flexibility index (Phi) is 6.68. The highest BCUT2D eigenvalue weighted by Crippen LogP contribution is 2.22. The lowest BCUT2D eigenvalue weighted by Gasteiger charge is -2.14. The van der Waals surface area contributed by atoms with E-state index in [1.54, 1.807) is 25.1 Å². The molecule has 116 valence electrons. The van der Waals surface area contributed by atoms with Gasteiger partial charge < -0.3 is 21.1 Å². The minimum atomic E-state index is -0.310. The largest absolute Gasteiger partial charge is 0.495 e. The molecule has 0 saturated heterocycles. The quantitative estimate of drug-likeness (QED) is 0.377. The number of carbonyl (C=O) groups is 2. The first kappa shape index (κ1) is 17.0. The molecule has 1 aromatic rings. The maximum Gasteiger partial charge on any atom is 0.216 e. The molecule has 1 rings (SSSR count). The van der Waals surface area contributed by atoms with Crippen LogP contribution in [0.3, 0.4) is 0 Å². The number of ether oxygens (including phenoxy) is 1. The highest BCUT2D eigenvalue weighted by Gasteiger charge is 2.15. The van der Waals surface area contributed by atoms with Gasteiger partial charge in [-0.1, -0.05) is 0 Å². The van der Waals surface area contributed by atoms with Gasteiger partial charge in [0.15, 0.2) is 5.78 Å².